The van der Waals surface area contributed by atoms with Crippen LogP contribution >= 0.6 is 0 Å². The molecule has 0 aliphatic carbocycles. The molecular weight excluding hydrogens is 204 g/mol. The molecule has 4 heteroatoms. The number of hydrogen-bond donors (Lipinski definition) is 1. The Bertz CT molecular complexity index is 579. The van der Waals surface area contributed by atoms with Gasteiger partial charge in [0.2, 0.25) is 0 Å². The van der Waals surface area contributed by atoms with Crippen LogP contribution in [0.2, 0.25) is 0 Å². The second-order valence-electron chi connectivity index (χ2n) is 3.63. The maximum atomic E-state index is 11.2. The highest BCUT2D eigenvalue weighted by Crippen LogP contribution is 2.13. The molecule has 16 heavy (non-hydrogen) atoms. The number of nitrogens with one attached hydrogen (secondary N) is 1. The van der Waals surface area contributed by atoms with Gasteiger partial charge in [-0.05, 0) is 31.5 Å². The lowest BCUT2D eigenvalue weighted by atomic mass is 10.2. The van der Waals surface area contributed by atoms with Gasteiger partial charge >= 0.3 is 5.63 Å². The van der Waals surface area contributed by atoms with Gasteiger partial charge in [0.05, 0.1) is 11.4 Å². The highest BCUT2D eigenvalue weighted by atomic mass is 16.5. The molecule has 0 saturated heterocycles. The molecule has 0 radical (unpaired) electrons. The van der Waals surface area contributed by atoms with Gasteiger partial charge in [0.25, 0.3) is 0 Å². The van der Waals surface area contributed by atoms with Crippen molar-refractivity contribution in [1.82, 2.24) is 5.16 Å². The van der Waals surface area contributed by atoms with E-state index in [0.29, 0.717) is 11.3 Å². The van der Waals surface area contributed by atoms with Gasteiger partial charge in [-0.3, -0.25) is 4.99 Å². The maximum Gasteiger partial charge on any atom is 0.366 e. The minimum atomic E-state index is -0.395. The van der Waals surface area contributed by atoms with E-state index in [4.69, 9.17) is 0 Å². The molecule has 2 rings (SSSR count). The van der Waals surface area contributed by atoms with Crippen LogP contribution < -0.4 is 5.63 Å². The van der Waals surface area contributed by atoms with E-state index in [1.54, 1.807) is 6.92 Å². The van der Waals surface area contributed by atoms with Crippen molar-refractivity contribution in [3.8, 4) is 0 Å². The standard InChI is InChI=1S/C12H12N2O2/c1-8-4-3-5-10(6-8)13-7-11-9(2)14-16-12(11)15/h3-7,14H,1-2H3. The van der Waals surface area contributed by atoms with Gasteiger partial charge in [0.1, 0.15) is 5.56 Å². The van der Waals surface area contributed by atoms with Crippen LogP contribution in [0.4, 0.5) is 5.69 Å². The molecule has 0 amide bonds. The fourth-order valence-corrected chi connectivity index (χ4v) is 1.38. The third kappa shape index (κ3) is 2.11. The zero-order valence-electron chi connectivity index (χ0n) is 9.15. The molecule has 0 aliphatic rings. The second kappa shape index (κ2) is 4.18. The van der Waals surface area contributed by atoms with E-state index in [9.17, 15) is 4.79 Å². The summed E-state index contributed by atoms with van der Waals surface area (Å²) in [5.74, 6) is 0. The van der Waals surface area contributed by atoms with Crippen LogP contribution in [0, 0.1) is 13.8 Å². The van der Waals surface area contributed by atoms with E-state index in [-0.39, 0.29) is 0 Å². The van der Waals surface area contributed by atoms with Crippen molar-refractivity contribution in [3.63, 3.8) is 0 Å². The molecule has 0 bridgehead atoms. The predicted octanol–water partition coefficient (Wildman–Crippen LogP) is 2.34. The molecule has 1 N–H and O–H groups in total. The number of aliphatic imine (C=N–C) groups is 1. The normalized spacial score (nSPS) is 11.1. The van der Waals surface area contributed by atoms with E-state index in [0.717, 1.165) is 11.3 Å². The summed E-state index contributed by atoms with van der Waals surface area (Å²) < 4.78 is 4.64. The Hall–Kier alpha value is -2.10. The molecule has 0 aliphatic heterocycles. The number of H-pyrrole nitrogens is 1. The molecule has 1 aromatic carbocycles. The number of aromatic nitrogens is 1. The summed E-state index contributed by atoms with van der Waals surface area (Å²) in [6.07, 6.45) is 1.52. The fraction of sp³-hybridized carbons (Fsp3) is 0.167. The summed E-state index contributed by atoms with van der Waals surface area (Å²) in [4.78, 5) is 15.5. The van der Waals surface area contributed by atoms with Crippen molar-refractivity contribution in [2.24, 2.45) is 4.99 Å². The highest BCUT2D eigenvalue weighted by Gasteiger charge is 2.04. The van der Waals surface area contributed by atoms with Gasteiger partial charge < -0.3 is 4.52 Å². The van der Waals surface area contributed by atoms with Crippen molar-refractivity contribution in [2.75, 3.05) is 0 Å². The molecule has 0 atom stereocenters. The molecule has 1 heterocycles. The first-order valence-electron chi connectivity index (χ1n) is 4.95. The summed E-state index contributed by atoms with van der Waals surface area (Å²) in [6.45, 7) is 3.76. The van der Waals surface area contributed by atoms with Crippen LogP contribution in [-0.2, 0) is 0 Å². The monoisotopic (exact) mass is 216 g/mol. The SMILES string of the molecule is Cc1cccc(N=Cc2c(C)[nH]oc2=O)c1. The third-order valence-corrected chi connectivity index (χ3v) is 2.27. The first kappa shape index (κ1) is 10.4. The van der Waals surface area contributed by atoms with Crippen molar-refractivity contribution < 1.29 is 4.52 Å². The number of hydrogen-bond acceptors (Lipinski definition) is 3. The largest absolute Gasteiger partial charge is 0.366 e. The Morgan fingerprint density at radius 3 is 2.81 bits per heavy atom. The minimum Gasteiger partial charge on any atom is -0.338 e. The summed E-state index contributed by atoms with van der Waals surface area (Å²) in [5, 5.41) is 2.51. The van der Waals surface area contributed by atoms with Crippen LogP contribution in [0.3, 0.4) is 0 Å². The van der Waals surface area contributed by atoms with E-state index in [2.05, 4.69) is 14.7 Å². The zero-order valence-corrected chi connectivity index (χ0v) is 9.15. The maximum absolute atomic E-state index is 11.2. The molecule has 0 spiro atoms. The molecule has 4 nitrogen and oxygen atoms in total. The highest BCUT2D eigenvalue weighted by molar-refractivity contribution is 5.82. The minimum absolute atomic E-state index is 0.395. The number of aromatic amines is 1. The number of aryl methyl sites for hydroxylation is 2. The summed E-state index contributed by atoms with van der Waals surface area (Å²) in [7, 11) is 0. The van der Waals surface area contributed by atoms with Crippen LogP contribution in [0.25, 0.3) is 0 Å². The summed E-state index contributed by atoms with van der Waals surface area (Å²) >= 11 is 0. The van der Waals surface area contributed by atoms with Crippen molar-refractivity contribution >= 4 is 11.9 Å². The van der Waals surface area contributed by atoms with Crippen LogP contribution in [0.15, 0.2) is 38.6 Å². The Kier molecular flexibility index (Phi) is 2.72. The molecule has 82 valence electrons. The van der Waals surface area contributed by atoms with Gasteiger partial charge in [0, 0.05) is 6.21 Å². The average molecular weight is 216 g/mol. The lowest BCUT2D eigenvalue weighted by Gasteiger charge is -1.94. The van der Waals surface area contributed by atoms with Gasteiger partial charge in [-0.25, -0.2) is 9.95 Å². The first-order chi connectivity index (χ1) is 7.66. The van der Waals surface area contributed by atoms with Crippen molar-refractivity contribution in [1.29, 1.82) is 0 Å². The molecule has 2 aromatic rings. The third-order valence-electron chi connectivity index (χ3n) is 2.27. The molecular formula is C12H12N2O2. The smallest absolute Gasteiger partial charge is 0.338 e. The summed E-state index contributed by atoms with van der Waals surface area (Å²) in [5.41, 5.74) is 2.70. The van der Waals surface area contributed by atoms with Crippen molar-refractivity contribution in [3.05, 3.63) is 51.5 Å². The van der Waals surface area contributed by atoms with Gasteiger partial charge in [0.15, 0.2) is 0 Å². The Morgan fingerprint density at radius 1 is 1.38 bits per heavy atom. The van der Waals surface area contributed by atoms with Gasteiger partial charge in [-0.2, -0.15) is 0 Å². The second-order valence-corrected chi connectivity index (χ2v) is 3.63. The van der Waals surface area contributed by atoms with Crippen LogP contribution in [0.5, 0.6) is 0 Å². The Morgan fingerprint density at radius 2 is 2.19 bits per heavy atom. The summed E-state index contributed by atoms with van der Waals surface area (Å²) in [6, 6.07) is 7.75. The van der Waals surface area contributed by atoms with Crippen LogP contribution in [0.1, 0.15) is 16.8 Å². The Balaban J connectivity index is 2.32. The molecule has 0 fully saturated rings. The fourth-order valence-electron chi connectivity index (χ4n) is 1.38. The lowest BCUT2D eigenvalue weighted by Crippen LogP contribution is -2.00. The molecule has 0 unspecified atom stereocenters. The quantitative estimate of drug-likeness (QED) is 0.783. The predicted molar refractivity (Wildman–Crippen MR) is 62.5 cm³/mol. The average Bonchev–Trinajstić information content (AvgIpc) is 2.56. The zero-order chi connectivity index (χ0) is 11.5. The van der Waals surface area contributed by atoms with E-state index < -0.39 is 5.63 Å². The molecule has 1 aromatic heterocycles. The Labute approximate surface area is 92.6 Å². The number of benzene rings is 1. The van der Waals surface area contributed by atoms with Crippen molar-refractivity contribution in [2.45, 2.75) is 13.8 Å². The number of rotatable bonds is 2. The van der Waals surface area contributed by atoms with E-state index >= 15 is 0 Å². The first-order valence-corrected chi connectivity index (χ1v) is 4.95. The van der Waals surface area contributed by atoms with Crippen LogP contribution in [-0.4, -0.2) is 11.4 Å². The van der Waals surface area contributed by atoms with Gasteiger partial charge in [-0.15, -0.1) is 0 Å². The molecule has 0 saturated carbocycles. The van der Waals surface area contributed by atoms with E-state index in [1.807, 2.05) is 31.2 Å². The lowest BCUT2D eigenvalue weighted by molar-refractivity contribution is 0.387. The topological polar surface area (TPSA) is 58.4 Å². The van der Waals surface area contributed by atoms with Gasteiger partial charge in [-0.1, -0.05) is 12.1 Å². The van der Waals surface area contributed by atoms with E-state index in [1.165, 1.54) is 6.21 Å². The number of nitrogens with zero attached hydrogens (tertiary/aromatic N) is 1.